The first-order valence-corrected chi connectivity index (χ1v) is 9.34. The van der Waals surface area contributed by atoms with Crippen LogP contribution in [0.3, 0.4) is 0 Å². The lowest BCUT2D eigenvalue weighted by Crippen LogP contribution is -2.16. The van der Waals surface area contributed by atoms with E-state index >= 15 is 0 Å². The van der Waals surface area contributed by atoms with E-state index < -0.39 is 0 Å². The van der Waals surface area contributed by atoms with Crippen molar-refractivity contribution >= 4 is 46.4 Å². The average molecular weight is 413 g/mol. The molecule has 0 saturated carbocycles. The first-order valence-electron chi connectivity index (χ1n) is 8.58. The molecule has 0 saturated heterocycles. The molecule has 28 heavy (non-hydrogen) atoms. The van der Waals surface area contributed by atoms with Gasteiger partial charge < -0.3 is 10.6 Å². The quantitative estimate of drug-likeness (QED) is 0.542. The Morgan fingerprint density at radius 3 is 1.54 bits per heavy atom. The third-order valence-electron chi connectivity index (χ3n) is 4.28. The number of nitrogens with one attached hydrogen (secondary N) is 2. The summed E-state index contributed by atoms with van der Waals surface area (Å²) in [5, 5.41) is 6.72. The zero-order valence-electron chi connectivity index (χ0n) is 15.3. The second-order valence-electron chi connectivity index (χ2n) is 6.41. The molecular weight excluding hydrogens is 395 g/mol. The maximum absolute atomic E-state index is 12.6. The predicted molar refractivity (Wildman–Crippen MR) is 115 cm³/mol. The van der Waals surface area contributed by atoms with Gasteiger partial charge in [-0.1, -0.05) is 41.4 Å². The van der Waals surface area contributed by atoms with Crippen molar-refractivity contribution < 1.29 is 9.59 Å². The van der Waals surface area contributed by atoms with E-state index in [4.69, 9.17) is 23.2 Å². The summed E-state index contributed by atoms with van der Waals surface area (Å²) in [7, 11) is 0. The molecule has 3 aromatic rings. The zero-order valence-corrected chi connectivity index (χ0v) is 16.9. The number of halogens is 2. The van der Waals surface area contributed by atoms with Gasteiger partial charge in [-0.2, -0.15) is 0 Å². The van der Waals surface area contributed by atoms with Crippen molar-refractivity contribution in [2.75, 3.05) is 10.6 Å². The lowest BCUT2D eigenvalue weighted by Gasteiger charge is -2.11. The highest BCUT2D eigenvalue weighted by Gasteiger charge is 2.13. The summed E-state index contributed by atoms with van der Waals surface area (Å²) in [5.74, 6) is -0.641. The first-order chi connectivity index (χ1) is 13.3. The maximum Gasteiger partial charge on any atom is 0.255 e. The van der Waals surface area contributed by atoms with Crippen LogP contribution in [0, 0.1) is 13.8 Å². The summed E-state index contributed by atoms with van der Waals surface area (Å²) in [6.45, 7) is 3.76. The largest absolute Gasteiger partial charge is 0.322 e. The molecular formula is C22H18Cl2N2O2. The number of aryl methyl sites for hydroxylation is 2. The van der Waals surface area contributed by atoms with E-state index in [1.54, 1.807) is 48.5 Å². The second-order valence-corrected chi connectivity index (χ2v) is 7.28. The highest BCUT2D eigenvalue weighted by atomic mass is 35.5. The van der Waals surface area contributed by atoms with Crippen molar-refractivity contribution in [1.82, 2.24) is 0 Å². The van der Waals surface area contributed by atoms with E-state index in [9.17, 15) is 9.59 Å². The molecule has 0 aliphatic rings. The average Bonchev–Trinajstić information content (AvgIpc) is 2.67. The Bertz CT molecular complexity index is 983. The molecule has 2 amide bonds. The van der Waals surface area contributed by atoms with Gasteiger partial charge in [-0.15, -0.1) is 0 Å². The van der Waals surface area contributed by atoms with Crippen molar-refractivity contribution in [2.45, 2.75) is 13.8 Å². The summed E-state index contributed by atoms with van der Waals surface area (Å²) in [5.41, 5.74) is 3.78. The van der Waals surface area contributed by atoms with E-state index in [1.807, 2.05) is 26.0 Å². The van der Waals surface area contributed by atoms with E-state index in [0.29, 0.717) is 32.5 Å². The Hall–Kier alpha value is -2.82. The monoisotopic (exact) mass is 412 g/mol. The minimum atomic E-state index is -0.320. The SMILES string of the molecule is Cc1ccc(Cl)cc1NC(=O)c1cccc(C(=O)Nc2cc(Cl)ccc2C)c1. The minimum Gasteiger partial charge on any atom is -0.322 e. The second kappa shape index (κ2) is 8.46. The molecule has 0 atom stereocenters. The van der Waals surface area contributed by atoms with E-state index in [-0.39, 0.29) is 11.8 Å². The van der Waals surface area contributed by atoms with Crippen LogP contribution in [-0.2, 0) is 0 Å². The lowest BCUT2D eigenvalue weighted by atomic mass is 10.1. The molecule has 3 aromatic carbocycles. The van der Waals surface area contributed by atoms with Gasteiger partial charge in [0.2, 0.25) is 0 Å². The van der Waals surface area contributed by atoms with E-state index in [0.717, 1.165) is 11.1 Å². The van der Waals surface area contributed by atoms with Crippen LogP contribution in [0.5, 0.6) is 0 Å². The van der Waals surface area contributed by atoms with Gasteiger partial charge in [-0.25, -0.2) is 0 Å². The van der Waals surface area contributed by atoms with Crippen LogP contribution in [0.15, 0.2) is 60.7 Å². The van der Waals surface area contributed by atoms with Crippen molar-refractivity contribution in [1.29, 1.82) is 0 Å². The van der Waals surface area contributed by atoms with Crippen LogP contribution in [0.1, 0.15) is 31.8 Å². The van der Waals surface area contributed by atoms with Crippen LogP contribution < -0.4 is 10.6 Å². The number of amides is 2. The fourth-order valence-corrected chi connectivity index (χ4v) is 2.99. The number of anilines is 2. The van der Waals surface area contributed by atoms with Crippen molar-refractivity contribution in [3.8, 4) is 0 Å². The summed E-state index contributed by atoms with van der Waals surface area (Å²) in [6, 6.07) is 17.1. The summed E-state index contributed by atoms with van der Waals surface area (Å²) in [4.78, 5) is 25.2. The van der Waals surface area contributed by atoms with Crippen molar-refractivity contribution in [3.63, 3.8) is 0 Å². The molecule has 6 heteroatoms. The number of carbonyl (C=O) groups excluding carboxylic acids is 2. The van der Waals surface area contributed by atoms with Gasteiger partial charge >= 0.3 is 0 Å². The highest BCUT2D eigenvalue weighted by Crippen LogP contribution is 2.22. The van der Waals surface area contributed by atoms with Gasteiger partial charge in [-0.3, -0.25) is 9.59 Å². The number of hydrogen-bond donors (Lipinski definition) is 2. The first kappa shape index (κ1) is 19.9. The van der Waals surface area contributed by atoms with Crippen molar-refractivity contribution in [2.24, 2.45) is 0 Å². The fraction of sp³-hybridized carbons (Fsp3) is 0.0909. The van der Waals surface area contributed by atoms with Crippen LogP contribution >= 0.6 is 23.2 Å². The Labute approximate surface area is 173 Å². The predicted octanol–water partition coefficient (Wildman–Crippen LogP) is 6.11. The van der Waals surface area contributed by atoms with Gasteiger partial charge in [0.15, 0.2) is 0 Å². The summed E-state index contributed by atoms with van der Waals surface area (Å²) in [6.07, 6.45) is 0. The number of carbonyl (C=O) groups is 2. The zero-order chi connectivity index (χ0) is 20.3. The van der Waals surface area contributed by atoms with E-state index in [1.165, 1.54) is 0 Å². The van der Waals surface area contributed by atoms with E-state index in [2.05, 4.69) is 10.6 Å². The van der Waals surface area contributed by atoms with Crippen LogP contribution in [0.25, 0.3) is 0 Å². The van der Waals surface area contributed by atoms with Gasteiger partial charge in [0.25, 0.3) is 11.8 Å². The smallest absolute Gasteiger partial charge is 0.255 e. The molecule has 0 aliphatic heterocycles. The molecule has 142 valence electrons. The molecule has 0 spiro atoms. The Morgan fingerprint density at radius 1 is 0.679 bits per heavy atom. The Morgan fingerprint density at radius 2 is 1.11 bits per heavy atom. The molecule has 4 nitrogen and oxygen atoms in total. The molecule has 0 aromatic heterocycles. The number of hydrogen-bond acceptors (Lipinski definition) is 2. The Balaban J connectivity index is 1.79. The molecule has 0 heterocycles. The summed E-state index contributed by atoms with van der Waals surface area (Å²) >= 11 is 12.0. The minimum absolute atomic E-state index is 0.320. The molecule has 0 fully saturated rings. The number of rotatable bonds is 4. The van der Waals surface area contributed by atoms with Gasteiger partial charge in [0, 0.05) is 32.5 Å². The molecule has 3 rings (SSSR count). The third kappa shape index (κ3) is 4.71. The maximum atomic E-state index is 12.6. The normalized spacial score (nSPS) is 10.4. The number of benzene rings is 3. The van der Waals surface area contributed by atoms with Gasteiger partial charge in [0.1, 0.15) is 0 Å². The van der Waals surface area contributed by atoms with Gasteiger partial charge in [0.05, 0.1) is 0 Å². The third-order valence-corrected chi connectivity index (χ3v) is 4.75. The standard InChI is InChI=1S/C22H18Cl2N2O2/c1-13-6-8-17(23)11-19(13)25-21(27)15-4-3-5-16(10-15)22(28)26-20-12-18(24)9-7-14(20)2/h3-12H,1-2H3,(H,25,27)(H,26,28). The summed E-state index contributed by atoms with van der Waals surface area (Å²) < 4.78 is 0. The topological polar surface area (TPSA) is 58.2 Å². The lowest BCUT2D eigenvalue weighted by molar-refractivity contribution is 0.102. The van der Waals surface area contributed by atoms with Crippen LogP contribution in [0.4, 0.5) is 11.4 Å². The van der Waals surface area contributed by atoms with Crippen LogP contribution in [0.2, 0.25) is 10.0 Å². The Kier molecular flexibility index (Phi) is 6.02. The molecule has 0 radical (unpaired) electrons. The molecule has 0 unspecified atom stereocenters. The highest BCUT2D eigenvalue weighted by molar-refractivity contribution is 6.31. The molecule has 0 bridgehead atoms. The molecule has 0 aliphatic carbocycles. The van der Waals surface area contributed by atoms with Crippen molar-refractivity contribution in [3.05, 3.63) is 93.0 Å². The van der Waals surface area contributed by atoms with Gasteiger partial charge in [-0.05, 0) is 67.4 Å². The molecule has 2 N–H and O–H groups in total. The fourth-order valence-electron chi connectivity index (χ4n) is 2.65. The van der Waals surface area contributed by atoms with Crippen LogP contribution in [-0.4, -0.2) is 11.8 Å².